The molecule has 10 heteroatoms. The SMILES string of the molecule is CCCCCCCCCCCC(=O)OC[C@H](CSC[C@H](NC(=O)OC(CC)(CC)C1c2ccccc2-c2ccccc21)C(=O)O)OC(=O)CCCCCCCCCCC. The molecule has 330 valence electrons. The minimum absolute atomic E-state index is 0.00345. The van der Waals surface area contributed by atoms with Crippen LogP contribution >= 0.6 is 11.8 Å². The van der Waals surface area contributed by atoms with E-state index < -0.39 is 29.8 Å². The molecule has 1 aliphatic carbocycles. The summed E-state index contributed by atoms with van der Waals surface area (Å²) in [6.07, 6.45) is 20.6. The number of ether oxygens (including phenoxy) is 3. The molecule has 3 rings (SSSR count). The molecule has 1 amide bonds. The van der Waals surface area contributed by atoms with Crippen LogP contribution in [0.3, 0.4) is 0 Å². The maximum atomic E-state index is 13.6. The highest BCUT2D eigenvalue weighted by atomic mass is 32.2. The fraction of sp³-hybridized carbons (Fsp3) is 0.673. The van der Waals surface area contributed by atoms with Crippen molar-refractivity contribution in [2.45, 2.75) is 193 Å². The first-order valence-electron chi connectivity index (χ1n) is 23.0. The zero-order valence-corrected chi connectivity index (χ0v) is 37.6. The van der Waals surface area contributed by atoms with Crippen LogP contribution in [-0.4, -0.2) is 65.0 Å². The molecular weight excluding hydrogens is 763 g/mol. The molecule has 9 nitrogen and oxygen atoms in total. The first-order valence-corrected chi connectivity index (χ1v) is 24.2. The molecule has 59 heavy (non-hydrogen) atoms. The minimum atomic E-state index is -1.26. The lowest BCUT2D eigenvalue weighted by molar-refractivity contribution is -0.157. The van der Waals surface area contributed by atoms with Crippen LogP contribution in [0.2, 0.25) is 0 Å². The second-order valence-electron chi connectivity index (χ2n) is 16.3. The van der Waals surface area contributed by atoms with Crippen LogP contribution in [0.25, 0.3) is 11.1 Å². The Morgan fingerprint density at radius 3 is 1.58 bits per heavy atom. The fourth-order valence-electron chi connectivity index (χ4n) is 8.21. The van der Waals surface area contributed by atoms with Crippen molar-refractivity contribution in [3.63, 3.8) is 0 Å². The third kappa shape index (κ3) is 17.5. The molecular formula is C49H75NO8S. The number of rotatable bonds is 33. The summed E-state index contributed by atoms with van der Waals surface area (Å²) in [6, 6.07) is 15.1. The van der Waals surface area contributed by atoms with Crippen molar-refractivity contribution >= 4 is 35.8 Å². The Balaban J connectivity index is 1.55. The molecule has 2 atom stereocenters. The highest BCUT2D eigenvalue weighted by molar-refractivity contribution is 7.99. The van der Waals surface area contributed by atoms with E-state index in [9.17, 15) is 24.3 Å². The molecule has 2 N–H and O–H groups in total. The average Bonchev–Trinajstić information content (AvgIpc) is 3.58. The quantitative estimate of drug-likeness (QED) is 0.0410. The van der Waals surface area contributed by atoms with Crippen LogP contribution < -0.4 is 5.32 Å². The monoisotopic (exact) mass is 838 g/mol. The Morgan fingerprint density at radius 2 is 1.10 bits per heavy atom. The molecule has 0 aliphatic heterocycles. The van der Waals surface area contributed by atoms with Crippen molar-refractivity contribution in [3.8, 4) is 11.1 Å². The maximum Gasteiger partial charge on any atom is 0.408 e. The summed E-state index contributed by atoms with van der Waals surface area (Å²) in [4.78, 5) is 51.6. The summed E-state index contributed by atoms with van der Waals surface area (Å²) in [5.41, 5.74) is 3.49. The van der Waals surface area contributed by atoms with Gasteiger partial charge >= 0.3 is 24.0 Å². The summed E-state index contributed by atoms with van der Waals surface area (Å²) in [7, 11) is 0. The number of aliphatic carboxylic acids is 1. The second-order valence-corrected chi connectivity index (χ2v) is 17.4. The Labute approximate surface area is 359 Å². The summed E-state index contributed by atoms with van der Waals surface area (Å²) < 4.78 is 17.7. The van der Waals surface area contributed by atoms with E-state index in [0.29, 0.717) is 19.3 Å². The van der Waals surface area contributed by atoms with Gasteiger partial charge in [0.2, 0.25) is 0 Å². The van der Waals surface area contributed by atoms with E-state index in [4.69, 9.17) is 14.2 Å². The first kappa shape index (κ1) is 49.8. The highest BCUT2D eigenvalue weighted by Crippen LogP contribution is 2.52. The van der Waals surface area contributed by atoms with Gasteiger partial charge in [0.05, 0.1) is 5.92 Å². The van der Waals surface area contributed by atoms with Crippen molar-refractivity contribution in [1.29, 1.82) is 0 Å². The number of nitrogens with one attached hydrogen (secondary N) is 1. The van der Waals surface area contributed by atoms with Gasteiger partial charge in [-0.1, -0.05) is 179 Å². The van der Waals surface area contributed by atoms with E-state index in [1.54, 1.807) is 0 Å². The van der Waals surface area contributed by atoms with Crippen molar-refractivity contribution in [2.24, 2.45) is 0 Å². The normalized spacial score (nSPS) is 13.3. The molecule has 2 aromatic rings. The Bertz CT molecular complexity index is 1480. The van der Waals surface area contributed by atoms with Gasteiger partial charge in [0, 0.05) is 24.3 Å². The van der Waals surface area contributed by atoms with Gasteiger partial charge in [0.15, 0.2) is 0 Å². The number of esters is 2. The zero-order valence-electron chi connectivity index (χ0n) is 36.7. The van der Waals surface area contributed by atoms with Gasteiger partial charge in [0.1, 0.15) is 24.4 Å². The largest absolute Gasteiger partial charge is 0.480 e. The summed E-state index contributed by atoms with van der Waals surface area (Å²) in [6.45, 7) is 8.32. The Kier molecular flexibility index (Phi) is 24.4. The lowest BCUT2D eigenvalue weighted by Crippen LogP contribution is -2.48. The molecule has 1 aliphatic rings. The van der Waals surface area contributed by atoms with Crippen LogP contribution in [0, 0.1) is 0 Å². The number of carboxylic acid groups (broad SMARTS) is 1. The van der Waals surface area contributed by atoms with Gasteiger partial charge in [0.25, 0.3) is 0 Å². The molecule has 0 saturated carbocycles. The first-order chi connectivity index (χ1) is 28.7. The predicted molar refractivity (Wildman–Crippen MR) is 240 cm³/mol. The number of carbonyl (C=O) groups is 4. The Hall–Kier alpha value is -3.53. The molecule has 2 aromatic carbocycles. The topological polar surface area (TPSA) is 128 Å². The van der Waals surface area contributed by atoms with Gasteiger partial charge in [-0.25, -0.2) is 9.59 Å². The highest BCUT2D eigenvalue weighted by Gasteiger charge is 2.46. The molecule has 0 bridgehead atoms. The molecule has 0 aromatic heterocycles. The van der Waals surface area contributed by atoms with Crippen molar-refractivity contribution in [3.05, 3.63) is 59.7 Å². The minimum Gasteiger partial charge on any atom is -0.480 e. The van der Waals surface area contributed by atoms with Gasteiger partial charge < -0.3 is 24.6 Å². The molecule has 0 spiro atoms. The zero-order chi connectivity index (χ0) is 42.7. The number of unbranched alkanes of at least 4 members (excludes halogenated alkanes) is 16. The summed E-state index contributed by atoms with van der Waals surface area (Å²) in [5, 5.41) is 12.8. The standard InChI is InChI=1S/C49H75NO8S/c1-5-9-11-13-15-17-19-21-23-33-44(51)56-35-38(57-45(52)34-24-22-20-18-16-14-12-10-6-2)36-59-37-43(47(53)54)50-48(55)58-49(7-3,8-4)46-41-31-27-25-29-39(41)40-30-26-28-32-42(40)46/h25-32,38,43,46H,5-24,33-37H2,1-4H3,(H,50,55)(H,53,54)/t38-,43+/m1/s1. The third-order valence-electron chi connectivity index (χ3n) is 11.7. The van der Waals surface area contributed by atoms with Crippen molar-refractivity contribution in [1.82, 2.24) is 5.32 Å². The van der Waals surface area contributed by atoms with Crippen LogP contribution in [0.4, 0.5) is 4.79 Å². The van der Waals surface area contributed by atoms with E-state index in [1.807, 2.05) is 38.1 Å². The number of thioether (sulfide) groups is 1. The number of carboxylic acids is 1. The number of amides is 1. The third-order valence-corrected chi connectivity index (χ3v) is 12.9. The molecule has 0 unspecified atom stereocenters. The van der Waals surface area contributed by atoms with E-state index in [0.717, 1.165) is 60.8 Å². The number of benzene rings is 2. The van der Waals surface area contributed by atoms with E-state index in [1.165, 1.54) is 88.8 Å². The van der Waals surface area contributed by atoms with Crippen LogP contribution in [-0.2, 0) is 28.6 Å². The van der Waals surface area contributed by atoms with Crippen molar-refractivity contribution < 1.29 is 38.5 Å². The number of hydrogen-bond donors (Lipinski definition) is 2. The van der Waals surface area contributed by atoms with Crippen LogP contribution in [0.15, 0.2) is 48.5 Å². The second kappa shape index (κ2) is 28.9. The maximum absolute atomic E-state index is 13.6. The van der Waals surface area contributed by atoms with Gasteiger partial charge in [-0.3, -0.25) is 9.59 Å². The average molecular weight is 838 g/mol. The van der Waals surface area contributed by atoms with Gasteiger partial charge in [-0.2, -0.15) is 11.8 Å². The Morgan fingerprint density at radius 1 is 0.644 bits per heavy atom. The lowest BCUT2D eigenvalue weighted by atomic mass is 9.76. The van der Waals surface area contributed by atoms with Crippen LogP contribution in [0.1, 0.15) is 186 Å². The molecule has 0 fully saturated rings. The van der Waals surface area contributed by atoms with Gasteiger partial charge in [-0.05, 0) is 47.9 Å². The van der Waals surface area contributed by atoms with Crippen LogP contribution in [0.5, 0.6) is 0 Å². The molecule has 0 radical (unpaired) electrons. The van der Waals surface area contributed by atoms with Gasteiger partial charge in [-0.15, -0.1) is 0 Å². The molecule has 0 heterocycles. The lowest BCUT2D eigenvalue weighted by Gasteiger charge is -2.38. The summed E-state index contributed by atoms with van der Waals surface area (Å²) in [5.74, 6) is -1.87. The number of hydrogen-bond acceptors (Lipinski definition) is 8. The summed E-state index contributed by atoms with van der Waals surface area (Å²) >= 11 is 1.23. The van der Waals surface area contributed by atoms with E-state index in [-0.39, 0.29) is 42.4 Å². The van der Waals surface area contributed by atoms with E-state index >= 15 is 0 Å². The fourth-order valence-corrected chi connectivity index (χ4v) is 9.24. The van der Waals surface area contributed by atoms with E-state index in [2.05, 4.69) is 43.4 Å². The smallest absolute Gasteiger partial charge is 0.408 e. The number of fused-ring (bicyclic) bond motifs is 3. The predicted octanol–water partition coefficient (Wildman–Crippen LogP) is 12.6. The molecule has 0 saturated heterocycles. The number of carbonyl (C=O) groups excluding carboxylic acids is 3. The number of alkyl carbamates (subject to hydrolysis) is 1. The van der Waals surface area contributed by atoms with Crippen molar-refractivity contribution in [2.75, 3.05) is 18.1 Å².